The molecule has 42 heavy (non-hydrogen) atoms. The normalized spacial score (nSPS) is 28.4. The van der Waals surface area contributed by atoms with Crippen LogP contribution in [0.3, 0.4) is 0 Å². The average Bonchev–Trinajstić information content (AvgIpc) is 3.62. The second-order valence-electron chi connectivity index (χ2n) is 11.4. The maximum Gasteiger partial charge on any atom is 0.250 e. The Morgan fingerprint density at radius 3 is 2.31 bits per heavy atom. The van der Waals surface area contributed by atoms with Crippen molar-refractivity contribution in [3.63, 3.8) is 0 Å². The molecule has 3 heterocycles. The maximum absolute atomic E-state index is 14.6. The number of amides is 3. The van der Waals surface area contributed by atoms with Crippen LogP contribution in [0.2, 0.25) is 5.02 Å². The van der Waals surface area contributed by atoms with Gasteiger partial charge >= 0.3 is 0 Å². The molecule has 0 aliphatic carbocycles. The third kappa shape index (κ3) is 4.58. The number of carbonyl (C=O) groups excluding carboxylic acids is 3. The lowest BCUT2D eigenvalue weighted by molar-refractivity contribution is -0.149. The molecule has 218 valence electrons. The lowest BCUT2D eigenvalue weighted by Crippen LogP contribution is -2.54. The predicted molar refractivity (Wildman–Crippen MR) is 158 cm³/mol. The molecule has 3 N–H and O–H groups in total. The fourth-order valence-corrected chi connectivity index (χ4v) is 7.48. The highest BCUT2D eigenvalue weighted by Gasteiger charge is 2.79. The van der Waals surface area contributed by atoms with E-state index in [0.29, 0.717) is 42.1 Å². The van der Waals surface area contributed by atoms with Crippen LogP contribution in [0.4, 0.5) is 5.69 Å². The van der Waals surface area contributed by atoms with E-state index in [1.165, 1.54) is 4.90 Å². The summed E-state index contributed by atoms with van der Waals surface area (Å²) < 4.78 is 6.84. The number of halogens is 1. The van der Waals surface area contributed by atoms with Gasteiger partial charge in [-0.3, -0.25) is 14.4 Å². The molecule has 3 aromatic carbocycles. The van der Waals surface area contributed by atoms with Crippen LogP contribution in [0.15, 0.2) is 84.9 Å². The highest BCUT2D eigenvalue weighted by atomic mass is 35.5. The van der Waals surface area contributed by atoms with Gasteiger partial charge in [0.05, 0.1) is 30.1 Å². The Balaban J connectivity index is 1.40. The molecule has 0 saturated carbocycles. The first kappa shape index (κ1) is 28.4. The SMILES string of the molecule is CC[C@]12CCC3(O1)C(C(=O)Nc1ccc(Cl)cc1)N([C@H](CO)c1ccccc1)C(=O)[C@@H]3[C@H]2C(=O)NCc1ccccc1. The third-order valence-corrected chi connectivity index (χ3v) is 9.52. The van der Waals surface area contributed by atoms with E-state index in [0.717, 1.165) is 5.56 Å². The zero-order valence-corrected chi connectivity index (χ0v) is 24.1. The van der Waals surface area contributed by atoms with Crippen LogP contribution in [0.5, 0.6) is 0 Å². The lowest BCUT2D eigenvalue weighted by atomic mass is 9.65. The van der Waals surface area contributed by atoms with Crippen LogP contribution < -0.4 is 10.6 Å². The summed E-state index contributed by atoms with van der Waals surface area (Å²) in [4.78, 5) is 44.2. The Bertz CT molecular complexity index is 1470. The molecule has 8 nitrogen and oxygen atoms in total. The topological polar surface area (TPSA) is 108 Å². The first-order valence-corrected chi connectivity index (χ1v) is 14.8. The van der Waals surface area contributed by atoms with E-state index in [9.17, 15) is 19.5 Å². The van der Waals surface area contributed by atoms with Gasteiger partial charge in [0.25, 0.3) is 0 Å². The van der Waals surface area contributed by atoms with Crippen LogP contribution in [0.25, 0.3) is 0 Å². The van der Waals surface area contributed by atoms with Gasteiger partial charge in [0.15, 0.2) is 0 Å². The minimum Gasteiger partial charge on any atom is -0.394 e. The number of ether oxygens (including phenoxy) is 1. The van der Waals surface area contributed by atoms with Crippen molar-refractivity contribution >= 4 is 35.0 Å². The summed E-state index contributed by atoms with van der Waals surface area (Å²) in [5.41, 5.74) is 0.0680. The van der Waals surface area contributed by atoms with Crippen molar-refractivity contribution in [3.8, 4) is 0 Å². The van der Waals surface area contributed by atoms with Gasteiger partial charge in [0.1, 0.15) is 11.6 Å². The molecule has 2 unspecified atom stereocenters. The quantitative estimate of drug-likeness (QED) is 0.342. The largest absolute Gasteiger partial charge is 0.394 e. The number of nitrogens with one attached hydrogen (secondary N) is 2. The minimum absolute atomic E-state index is 0.264. The molecule has 0 radical (unpaired) electrons. The predicted octanol–water partition coefficient (Wildman–Crippen LogP) is 4.48. The Kier molecular flexibility index (Phi) is 7.55. The second kappa shape index (κ2) is 11.2. The highest BCUT2D eigenvalue weighted by molar-refractivity contribution is 6.30. The second-order valence-corrected chi connectivity index (χ2v) is 11.8. The number of likely N-dealkylation sites (tertiary alicyclic amines) is 1. The van der Waals surface area contributed by atoms with E-state index in [1.54, 1.807) is 24.3 Å². The Morgan fingerprint density at radius 2 is 1.67 bits per heavy atom. The summed E-state index contributed by atoms with van der Waals surface area (Å²) in [7, 11) is 0. The summed E-state index contributed by atoms with van der Waals surface area (Å²) in [6.07, 6.45) is 1.52. The zero-order chi connectivity index (χ0) is 29.5. The molecule has 3 aliphatic heterocycles. The van der Waals surface area contributed by atoms with E-state index < -0.39 is 47.6 Å². The zero-order valence-electron chi connectivity index (χ0n) is 23.3. The monoisotopic (exact) mass is 587 g/mol. The van der Waals surface area contributed by atoms with E-state index in [4.69, 9.17) is 16.3 Å². The van der Waals surface area contributed by atoms with Crippen molar-refractivity contribution in [2.45, 2.75) is 56.0 Å². The first-order valence-electron chi connectivity index (χ1n) is 14.4. The van der Waals surface area contributed by atoms with E-state index >= 15 is 0 Å². The minimum atomic E-state index is -1.22. The van der Waals surface area contributed by atoms with E-state index in [1.807, 2.05) is 67.6 Å². The lowest BCUT2D eigenvalue weighted by Gasteiger charge is -2.37. The number of rotatable bonds is 9. The van der Waals surface area contributed by atoms with Gasteiger partial charge < -0.3 is 25.4 Å². The molecule has 6 atom stereocenters. The summed E-state index contributed by atoms with van der Waals surface area (Å²) in [6, 6.07) is 23.6. The van der Waals surface area contributed by atoms with Crippen molar-refractivity contribution in [1.82, 2.24) is 10.2 Å². The molecule has 1 spiro atoms. The molecule has 2 bridgehead atoms. The molecule has 0 aromatic heterocycles. The van der Waals surface area contributed by atoms with Crippen LogP contribution in [-0.4, -0.2) is 51.6 Å². The molecular formula is C33H34ClN3O5. The van der Waals surface area contributed by atoms with E-state index in [-0.39, 0.29) is 11.8 Å². The molecular weight excluding hydrogens is 554 g/mol. The van der Waals surface area contributed by atoms with Crippen LogP contribution in [0, 0.1) is 11.8 Å². The molecule has 3 aliphatic rings. The first-order chi connectivity index (χ1) is 20.3. The average molecular weight is 588 g/mol. The molecule has 3 fully saturated rings. The van der Waals surface area contributed by atoms with Gasteiger partial charge in [0, 0.05) is 17.3 Å². The number of hydrogen-bond acceptors (Lipinski definition) is 5. The smallest absolute Gasteiger partial charge is 0.250 e. The van der Waals surface area contributed by atoms with Gasteiger partial charge in [-0.2, -0.15) is 0 Å². The summed E-state index contributed by atoms with van der Waals surface area (Å²) in [5.74, 6) is -2.71. The number of aliphatic hydroxyl groups excluding tert-OH is 1. The molecule has 3 aromatic rings. The van der Waals surface area contributed by atoms with Crippen LogP contribution in [-0.2, 0) is 25.7 Å². The van der Waals surface area contributed by atoms with Crippen molar-refractivity contribution in [2.75, 3.05) is 11.9 Å². The number of nitrogens with zero attached hydrogens (tertiary/aromatic N) is 1. The fourth-order valence-electron chi connectivity index (χ4n) is 7.36. The number of carbonyl (C=O) groups is 3. The number of fused-ring (bicyclic) bond motifs is 1. The fraction of sp³-hybridized carbons (Fsp3) is 0.364. The molecule has 6 rings (SSSR count). The maximum atomic E-state index is 14.6. The summed E-state index contributed by atoms with van der Waals surface area (Å²) >= 11 is 6.06. The van der Waals surface area contributed by atoms with Crippen molar-refractivity contribution < 1.29 is 24.2 Å². The van der Waals surface area contributed by atoms with Gasteiger partial charge in [-0.05, 0) is 54.7 Å². The van der Waals surface area contributed by atoms with Crippen LogP contribution in [0.1, 0.15) is 43.4 Å². The number of anilines is 1. The number of hydrogen-bond donors (Lipinski definition) is 3. The van der Waals surface area contributed by atoms with Gasteiger partial charge in [-0.25, -0.2) is 0 Å². The Hall–Kier alpha value is -3.72. The highest BCUT2D eigenvalue weighted by Crippen LogP contribution is 2.65. The van der Waals surface area contributed by atoms with Crippen LogP contribution >= 0.6 is 11.6 Å². The number of benzene rings is 3. The summed E-state index contributed by atoms with van der Waals surface area (Å²) in [6.45, 7) is 1.88. The number of aliphatic hydroxyl groups is 1. The third-order valence-electron chi connectivity index (χ3n) is 9.26. The van der Waals surface area contributed by atoms with Crippen molar-refractivity contribution in [1.29, 1.82) is 0 Å². The van der Waals surface area contributed by atoms with E-state index in [2.05, 4.69) is 10.6 Å². The van der Waals surface area contributed by atoms with Gasteiger partial charge in [-0.15, -0.1) is 0 Å². The Labute approximate surface area is 250 Å². The molecule has 3 saturated heterocycles. The standard InChI is InChI=1S/C33H34ClN3O5/c1-2-32-17-18-33(42-32)27(26(32)29(39)35-19-21-9-5-3-6-10-21)31(41)37(25(20-38)22-11-7-4-8-12-22)28(33)30(40)36-24-15-13-23(34)14-16-24/h3-16,25-28,38H,2,17-20H2,1H3,(H,35,39)(H,36,40)/t25-,26+,27+,28?,32-,33?/m1/s1. The molecule has 9 heteroatoms. The Morgan fingerprint density at radius 1 is 1.00 bits per heavy atom. The van der Waals surface area contributed by atoms with Gasteiger partial charge in [-0.1, -0.05) is 79.2 Å². The van der Waals surface area contributed by atoms with Gasteiger partial charge in [0.2, 0.25) is 17.7 Å². The molecule has 3 amide bonds. The summed E-state index contributed by atoms with van der Waals surface area (Å²) in [5, 5.41) is 17.1. The van der Waals surface area contributed by atoms with Crippen molar-refractivity contribution in [3.05, 3.63) is 101 Å². The van der Waals surface area contributed by atoms with Crippen molar-refractivity contribution in [2.24, 2.45) is 11.8 Å².